The second-order valence-electron chi connectivity index (χ2n) is 6.39. The maximum atomic E-state index is 12.3. The third-order valence-corrected chi connectivity index (χ3v) is 4.18. The molecular weight excluding hydrogens is 386 g/mol. The minimum atomic E-state index is -1.11. The molecule has 1 atom stereocenters. The Bertz CT molecular complexity index is 977. The molecule has 2 aromatic rings. The first-order chi connectivity index (χ1) is 14.4. The van der Waals surface area contributed by atoms with E-state index in [1.807, 2.05) is 6.07 Å². The largest absolute Gasteiger partial charge is 0.481 e. The molecule has 0 aliphatic heterocycles. The van der Waals surface area contributed by atoms with Crippen LogP contribution in [0.25, 0.3) is 16.5 Å². The van der Waals surface area contributed by atoms with Crippen molar-refractivity contribution in [2.75, 3.05) is 6.54 Å². The molecule has 0 aliphatic rings. The number of azide groups is 1. The van der Waals surface area contributed by atoms with E-state index in [1.54, 1.807) is 48.5 Å². The molecule has 0 bridgehead atoms. The fourth-order valence-corrected chi connectivity index (χ4v) is 2.64. The van der Waals surface area contributed by atoms with Crippen LogP contribution in [0.4, 0.5) is 0 Å². The van der Waals surface area contributed by atoms with Gasteiger partial charge in [0, 0.05) is 35.2 Å². The van der Waals surface area contributed by atoms with Crippen molar-refractivity contribution in [3.63, 3.8) is 0 Å². The van der Waals surface area contributed by atoms with Crippen LogP contribution in [-0.4, -0.2) is 35.5 Å². The number of benzene rings is 2. The molecule has 0 radical (unpaired) electrons. The zero-order valence-electron chi connectivity index (χ0n) is 16.1. The van der Waals surface area contributed by atoms with Gasteiger partial charge in [0.1, 0.15) is 0 Å². The van der Waals surface area contributed by atoms with Crippen LogP contribution in [0.15, 0.2) is 60.2 Å². The molecule has 0 saturated carbocycles. The normalized spacial score (nSPS) is 10.9. The van der Waals surface area contributed by atoms with Gasteiger partial charge in [0.2, 0.25) is 0 Å². The van der Waals surface area contributed by atoms with Gasteiger partial charge in [-0.3, -0.25) is 14.4 Å². The number of carbonyl (C=O) groups is 3. The van der Waals surface area contributed by atoms with Gasteiger partial charge in [0.05, 0.1) is 6.42 Å². The van der Waals surface area contributed by atoms with E-state index in [2.05, 4.69) is 27.2 Å². The summed E-state index contributed by atoms with van der Waals surface area (Å²) in [5, 5.41) is 17.6. The summed E-state index contributed by atoms with van der Waals surface area (Å²) in [6, 6.07) is 12.8. The number of amides is 2. The lowest BCUT2D eigenvalue weighted by atomic mass is 10.1. The molecule has 2 aromatic carbocycles. The maximum absolute atomic E-state index is 12.3. The average molecular weight is 407 g/mol. The molecule has 30 heavy (non-hydrogen) atoms. The van der Waals surface area contributed by atoms with Gasteiger partial charge in [0.15, 0.2) is 0 Å². The minimum absolute atomic E-state index is 0.161. The topological polar surface area (TPSA) is 144 Å². The number of rotatable bonds is 10. The summed E-state index contributed by atoms with van der Waals surface area (Å²) in [4.78, 5) is 38.0. The van der Waals surface area contributed by atoms with E-state index < -0.39 is 17.9 Å². The molecule has 0 aliphatic carbocycles. The number of nitrogens with zero attached hydrogens (tertiary/aromatic N) is 3. The quantitative estimate of drug-likeness (QED) is 0.316. The van der Waals surface area contributed by atoms with Gasteiger partial charge in [-0.25, -0.2) is 0 Å². The molecule has 3 N–H and O–H groups in total. The van der Waals surface area contributed by atoms with Crippen molar-refractivity contribution in [2.24, 2.45) is 5.11 Å². The number of carboxylic acid groups (broad SMARTS) is 1. The van der Waals surface area contributed by atoms with Crippen molar-refractivity contribution < 1.29 is 19.5 Å². The van der Waals surface area contributed by atoms with Gasteiger partial charge in [0.25, 0.3) is 11.8 Å². The Labute approximate surface area is 173 Å². The van der Waals surface area contributed by atoms with Crippen LogP contribution in [0, 0.1) is 0 Å². The predicted molar refractivity (Wildman–Crippen MR) is 112 cm³/mol. The predicted octanol–water partition coefficient (Wildman–Crippen LogP) is 3.14. The molecule has 0 fully saturated rings. The Balaban J connectivity index is 1.95. The van der Waals surface area contributed by atoms with Crippen LogP contribution >= 0.6 is 0 Å². The maximum Gasteiger partial charge on any atom is 0.305 e. The van der Waals surface area contributed by atoms with Crippen LogP contribution in [-0.2, 0) is 11.3 Å². The first-order valence-corrected chi connectivity index (χ1v) is 9.06. The van der Waals surface area contributed by atoms with E-state index in [4.69, 9.17) is 10.6 Å². The molecule has 0 saturated heterocycles. The van der Waals surface area contributed by atoms with Crippen LogP contribution in [0.1, 0.15) is 38.3 Å². The molecule has 0 unspecified atom stereocenters. The summed E-state index contributed by atoms with van der Waals surface area (Å²) in [5.41, 5.74) is 10.9. The average Bonchev–Trinajstić information content (AvgIpc) is 2.75. The van der Waals surface area contributed by atoms with E-state index in [9.17, 15) is 14.4 Å². The van der Waals surface area contributed by atoms with Crippen molar-refractivity contribution >= 4 is 23.9 Å². The number of hydrogen-bond donors (Lipinski definition) is 3. The highest BCUT2D eigenvalue weighted by atomic mass is 16.4. The lowest BCUT2D eigenvalue weighted by Gasteiger charge is -2.14. The van der Waals surface area contributed by atoms with Crippen LogP contribution < -0.4 is 10.6 Å². The molecule has 0 aromatic heterocycles. The summed E-state index contributed by atoms with van der Waals surface area (Å²) >= 11 is 0. The van der Waals surface area contributed by atoms with E-state index in [0.29, 0.717) is 11.1 Å². The second kappa shape index (κ2) is 11.0. The summed E-state index contributed by atoms with van der Waals surface area (Å²) in [7, 11) is 0. The van der Waals surface area contributed by atoms with Crippen LogP contribution in [0.3, 0.4) is 0 Å². The SMILES string of the molecule is C=Cc1cccc(C(=O)NCc2ccc(C(=O)N[C@H](CN=[N+]=[N-])CC(=O)O)cc2)c1. The highest BCUT2D eigenvalue weighted by Crippen LogP contribution is 2.09. The Morgan fingerprint density at radius 1 is 1.13 bits per heavy atom. The molecule has 2 amide bonds. The molecular formula is C21H21N5O4. The van der Waals surface area contributed by atoms with Gasteiger partial charge < -0.3 is 15.7 Å². The minimum Gasteiger partial charge on any atom is -0.481 e. The zero-order chi connectivity index (χ0) is 21.9. The first-order valence-electron chi connectivity index (χ1n) is 9.06. The number of aliphatic carboxylic acids is 1. The number of carbonyl (C=O) groups excluding carboxylic acids is 2. The lowest BCUT2D eigenvalue weighted by molar-refractivity contribution is -0.137. The summed E-state index contributed by atoms with van der Waals surface area (Å²) in [6.07, 6.45) is 1.30. The van der Waals surface area contributed by atoms with E-state index in [-0.39, 0.29) is 25.4 Å². The molecule has 2 rings (SSSR count). The van der Waals surface area contributed by atoms with Crippen molar-refractivity contribution in [3.05, 3.63) is 87.8 Å². The number of nitrogens with one attached hydrogen (secondary N) is 2. The summed E-state index contributed by atoms with van der Waals surface area (Å²) in [5.74, 6) is -1.82. The third kappa shape index (κ3) is 6.81. The third-order valence-electron chi connectivity index (χ3n) is 4.18. The van der Waals surface area contributed by atoms with Gasteiger partial charge in [-0.2, -0.15) is 0 Å². The highest BCUT2D eigenvalue weighted by Gasteiger charge is 2.16. The van der Waals surface area contributed by atoms with Crippen molar-refractivity contribution in [1.29, 1.82) is 0 Å². The van der Waals surface area contributed by atoms with E-state index in [0.717, 1.165) is 11.1 Å². The van der Waals surface area contributed by atoms with E-state index in [1.165, 1.54) is 0 Å². The second-order valence-corrected chi connectivity index (χ2v) is 6.39. The van der Waals surface area contributed by atoms with Gasteiger partial charge >= 0.3 is 5.97 Å². The van der Waals surface area contributed by atoms with Gasteiger partial charge in [-0.1, -0.05) is 42.0 Å². The van der Waals surface area contributed by atoms with Crippen LogP contribution in [0.5, 0.6) is 0 Å². The summed E-state index contributed by atoms with van der Waals surface area (Å²) < 4.78 is 0. The Morgan fingerprint density at radius 2 is 1.87 bits per heavy atom. The van der Waals surface area contributed by atoms with Crippen LogP contribution in [0.2, 0.25) is 0 Å². The first kappa shape index (κ1) is 22.2. The van der Waals surface area contributed by atoms with Gasteiger partial charge in [-0.05, 0) is 40.9 Å². The molecule has 0 heterocycles. The number of hydrogen-bond acceptors (Lipinski definition) is 4. The van der Waals surface area contributed by atoms with Crippen molar-refractivity contribution in [3.8, 4) is 0 Å². The molecule has 0 spiro atoms. The molecule has 154 valence electrons. The fraction of sp³-hybridized carbons (Fsp3) is 0.190. The summed E-state index contributed by atoms with van der Waals surface area (Å²) in [6.45, 7) is 3.79. The monoisotopic (exact) mass is 407 g/mol. The smallest absolute Gasteiger partial charge is 0.305 e. The zero-order valence-corrected chi connectivity index (χ0v) is 16.1. The Kier molecular flexibility index (Phi) is 8.16. The highest BCUT2D eigenvalue weighted by molar-refractivity contribution is 5.95. The standard InChI is InChI=1S/C21H21N5O4/c1-2-14-4-3-5-17(10-14)20(29)23-12-15-6-8-16(9-7-15)21(30)25-18(11-19(27)28)13-24-26-22/h2-10,18H,1,11-13H2,(H,23,29)(H,25,30)(H,27,28)/t18-/m0/s1. The fourth-order valence-electron chi connectivity index (χ4n) is 2.64. The van der Waals surface area contributed by atoms with Crippen molar-refractivity contribution in [1.82, 2.24) is 10.6 Å². The van der Waals surface area contributed by atoms with E-state index >= 15 is 0 Å². The number of carboxylic acids is 1. The molecule has 9 heteroatoms. The van der Waals surface area contributed by atoms with Crippen molar-refractivity contribution in [2.45, 2.75) is 19.0 Å². The Morgan fingerprint density at radius 3 is 2.50 bits per heavy atom. The van der Waals surface area contributed by atoms with Gasteiger partial charge in [-0.15, -0.1) is 0 Å². The Hall–Kier alpha value is -4.10. The molecule has 9 nitrogen and oxygen atoms in total. The lowest BCUT2D eigenvalue weighted by Crippen LogP contribution is -2.38.